The smallest absolute Gasteiger partial charge is 0.315 e. The van der Waals surface area contributed by atoms with Crippen molar-refractivity contribution in [3.05, 3.63) is 29.3 Å². The lowest BCUT2D eigenvalue weighted by Crippen LogP contribution is -2.42. The first-order valence-electron chi connectivity index (χ1n) is 7.61. The topological polar surface area (TPSA) is 73.2 Å². The van der Waals surface area contributed by atoms with Gasteiger partial charge in [-0.2, -0.15) is 22.7 Å². The average molecular weight is 396 g/mol. The van der Waals surface area contributed by atoms with Gasteiger partial charge in [0.1, 0.15) is 0 Å². The summed E-state index contributed by atoms with van der Waals surface area (Å²) in [4.78, 5) is -0.258. The summed E-state index contributed by atoms with van der Waals surface area (Å²) in [5.41, 5.74) is -1.80. The first-order valence-corrected chi connectivity index (χ1v) is 9.05. The highest BCUT2D eigenvalue weighted by Gasteiger charge is 2.43. The molecule has 25 heavy (non-hydrogen) atoms. The number of nitrogens with zero attached hydrogens (tertiary/aromatic N) is 2. The van der Waals surface area contributed by atoms with E-state index in [-0.39, 0.29) is 29.4 Å². The van der Waals surface area contributed by atoms with E-state index in [0.717, 1.165) is 25.0 Å². The maximum atomic E-state index is 12.9. The third-order valence-corrected chi connectivity index (χ3v) is 6.58. The number of alkyl halides is 3. The van der Waals surface area contributed by atoms with E-state index >= 15 is 0 Å². The van der Waals surface area contributed by atoms with Crippen molar-refractivity contribution in [2.45, 2.75) is 42.4 Å². The highest BCUT2D eigenvalue weighted by molar-refractivity contribution is 7.89. The quantitative estimate of drug-likeness (QED) is 0.835. The molecular weight excluding hydrogens is 379 g/mol. The van der Waals surface area contributed by atoms with E-state index in [4.69, 9.17) is 5.26 Å². The number of fused-ring (bicyclic) bond motifs is 2. The van der Waals surface area contributed by atoms with Crippen molar-refractivity contribution in [3.8, 4) is 6.07 Å². The Labute approximate surface area is 150 Å². The Balaban J connectivity index is 0.00000225. The molecule has 0 radical (unpaired) electrons. The molecule has 1 aromatic rings. The summed E-state index contributed by atoms with van der Waals surface area (Å²) >= 11 is 0. The standard InChI is InChI=1S/C15H16F3N3O2S.ClH/c16-15(17,18)14-4-3-13(7-10(14)8-19)24(22,23)21-11-1-2-12(21)9-20-6-5-11;/h3-4,7,11-12,20H,1-2,5-6,9H2;1H. The zero-order valence-electron chi connectivity index (χ0n) is 13.1. The Hall–Kier alpha value is -1.34. The molecule has 0 aliphatic carbocycles. The zero-order valence-corrected chi connectivity index (χ0v) is 14.7. The van der Waals surface area contributed by atoms with Crippen LogP contribution in [-0.2, 0) is 16.2 Å². The molecule has 0 spiro atoms. The molecule has 10 heteroatoms. The molecule has 1 aromatic carbocycles. The van der Waals surface area contributed by atoms with Crippen LogP contribution in [0.3, 0.4) is 0 Å². The van der Waals surface area contributed by atoms with E-state index in [1.165, 1.54) is 10.4 Å². The van der Waals surface area contributed by atoms with Gasteiger partial charge in [0.15, 0.2) is 0 Å². The lowest BCUT2D eigenvalue weighted by atomic mass is 10.1. The second-order valence-electron chi connectivity index (χ2n) is 6.03. The summed E-state index contributed by atoms with van der Waals surface area (Å²) < 4.78 is 65.9. The lowest BCUT2D eigenvalue weighted by molar-refractivity contribution is -0.137. The van der Waals surface area contributed by atoms with Crippen LogP contribution in [0.5, 0.6) is 0 Å². The van der Waals surface area contributed by atoms with Gasteiger partial charge in [0, 0.05) is 18.6 Å². The molecule has 2 aliphatic heterocycles. The van der Waals surface area contributed by atoms with E-state index in [1.807, 2.05) is 0 Å². The van der Waals surface area contributed by atoms with Crippen LogP contribution in [0, 0.1) is 11.3 Å². The van der Waals surface area contributed by atoms with E-state index < -0.39 is 27.3 Å². The minimum Gasteiger partial charge on any atom is -0.315 e. The molecule has 0 aromatic heterocycles. The van der Waals surface area contributed by atoms with Gasteiger partial charge in [0.05, 0.1) is 22.1 Å². The second-order valence-corrected chi connectivity index (χ2v) is 7.87. The molecular formula is C15H17ClF3N3O2S. The number of nitrogens with one attached hydrogen (secondary N) is 1. The second kappa shape index (κ2) is 7.11. The van der Waals surface area contributed by atoms with E-state index in [1.54, 1.807) is 0 Å². The maximum absolute atomic E-state index is 12.9. The summed E-state index contributed by atoms with van der Waals surface area (Å²) in [7, 11) is -3.94. The summed E-state index contributed by atoms with van der Waals surface area (Å²) in [6, 6.07) is 3.54. The van der Waals surface area contributed by atoms with Gasteiger partial charge in [-0.3, -0.25) is 0 Å². The van der Waals surface area contributed by atoms with Crippen LogP contribution in [0.4, 0.5) is 13.2 Å². The third-order valence-electron chi connectivity index (χ3n) is 4.58. The van der Waals surface area contributed by atoms with Gasteiger partial charge in [0.25, 0.3) is 0 Å². The molecule has 2 atom stereocenters. The lowest BCUT2D eigenvalue weighted by Gasteiger charge is -2.27. The summed E-state index contributed by atoms with van der Waals surface area (Å²) in [5, 5.41) is 12.2. The fourth-order valence-electron chi connectivity index (χ4n) is 3.48. The molecule has 2 saturated heterocycles. The number of hydrogen-bond acceptors (Lipinski definition) is 4. The van der Waals surface area contributed by atoms with Crippen molar-refractivity contribution in [2.24, 2.45) is 0 Å². The van der Waals surface area contributed by atoms with E-state index in [0.29, 0.717) is 25.6 Å². The predicted molar refractivity (Wildman–Crippen MR) is 86.7 cm³/mol. The average Bonchev–Trinajstić information content (AvgIpc) is 2.79. The van der Waals surface area contributed by atoms with Crippen molar-refractivity contribution >= 4 is 22.4 Å². The maximum Gasteiger partial charge on any atom is 0.417 e. The summed E-state index contributed by atoms with van der Waals surface area (Å²) in [5.74, 6) is 0. The molecule has 138 valence electrons. The van der Waals surface area contributed by atoms with Gasteiger partial charge in [-0.1, -0.05) is 0 Å². The number of hydrogen-bond donors (Lipinski definition) is 1. The SMILES string of the molecule is Cl.N#Cc1cc(S(=O)(=O)N2C3CCNCC2CC3)ccc1C(F)(F)F. The largest absolute Gasteiger partial charge is 0.417 e. The fourth-order valence-corrected chi connectivity index (χ4v) is 5.40. The normalized spacial score (nSPS) is 24.2. The van der Waals surface area contributed by atoms with Gasteiger partial charge < -0.3 is 5.32 Å². The van der Waals surface area contributed by atoms with Crippen LogP contribution in [0.1, 0.15) is 30.4 Å². The highest BCUT2D eigenvalue weighted by Crippen LogP contribution is 2.36. The van der Waals surface area contributed by atoms with E-state index in [9.17, 15) is 21.6 Å². The van der Waals surface area contributed by atoms with Crippen molar-refractivity contribution in [1.29, 1.82) is 5.26 Å². The number of sulfonamides is 1. The van der Waals surface area contributed by atoms with Crippen molar-refractivity contribution in [1.82, 2.24) is 9.62 Å². The van der Waals surface area contributed by atoms with Gasteiger partial charge in [-0.05, 0) is 44.0 Å². The van der Waals surface area contributed by atoms with Crippen LogP contribution in [0.2, 0.25) is 0 Å². The van der Waals surface area contributed by atoms with Crippen molar-refractivity contribution < 1.29 is 21.6 Å². The Morgan fingerprint density at radius 2 is 1.88 bits per heavy atom. The highest BCUT2D eigenvalue weighted by atomic mass is 35.5. The first kappa shape index (κ1) is 20.0. The van der Waals surface area contributed by atoms with Crippen LogP contribution < -0.4 is 5.32 Å². The summed E-state index contributed by atoms with van der Waals surface area (Å²) in [6.45, 7) is 1.24. The van der Waals surface area contributed by atoms with Gasteiger partial charge in [-0.25, -0.2) is 8.42 Å². The molecule has 2 aliphatic rings. The molecule has 1 N–H and O–H groups in total. The first-order chi connectivity index (χ1) is 11.2. The number of rotatable bonds is 2. The van der Waals surface area contributed by atoms with Gasteiger partial charge in [0.2, 0.25) is 10.0 Å². The number of nitriles is 1. The Bertz CT molecular complexity index is 778. The molecule has 2 unspecified atom stereocenters. The van der Waals surface area contributed by atoms with E-state index in [2.05, 4.69) is 5.32 Å². The number of halogens is 4. The summed E-state index contributed by atoms with van der Waals surface area (Å²) in [6.07, 6.45) is -2.56. The minimum absolute atomic E-state index is 0. The molecule has 5 nitrogen and oxygen atoms in total. The van der Waals surface area contributed by atoms with Crippen molar-refractivity contribution in [3.63, 3.8) is 0 Å². The van der Waals surface area contributed by atoms with Crippen LogP contribution in [-0.4, -0.2) is 37.9 Å². The molecule has 3 rings (SSSR count). The van der Waals surface area contributed by atoms with Crippen LogP contribution >= 0.6 is 12.4 Å². The monoisotopic (exact) mass is 395 g/mol. The van der Waals surface area contributed by atoms with Crippen LogP contribution in [0.25, 0.3) is 0 Å². The van der Waals surface area contributed by atoms with Crippen LogP contribution in [0.15, 0.2) is 23.1 Å². The Kier molecular flexibility index (Phi) is 5.68. The molecule has 2 bridgehead atoms. The molecule has 0 saturated carbocycles. The van der Waals surface area contributed by atoms with Gasteiger partial charge >= 0.3 is 6.18 Å². The zero-order chi connectivity index (χ0) is 17.5. The predicted octanol–water partition coefficient (Wildman–Crippen LogP) is 2.51. The molecule has 0 amide bonds. The Morgan fingerprint density at radius 3 is 2.52 bits per heavy atom. The van der Waals surface area contributed by atoms with Crippen molar-refractivity contribution in [2.75, 3.05) is 13.1 Å². The van der Waals surface area contributed by atoms with Gasteiger partial charge in [-0.15, -0.1) is 12.4 Å². The molecule has 2 fully saturated rings. The Morgan fingerprint density at radius 1 is 1.20 bits per heavy atom. The minimum atomic E-state index is -4.70. The number of benzene rings is 1. The third kappa shape index (κ3) is 3.62. The molecule has 2 heterocycles. The fraction of sp³-hybridized carbons (Fsp3) is 0.533.